The molecule has 0 spiro atoms. The summed E-state index contributed by atoms with van der Waals surface area (Å²) in [5.74, 6) is 1.46. The molecular weight excluding hydrogens is 180 g/mol. The molecule has 4 nitrogen and oxygen atoms in total. The fourth-order valence-corrected chi connectivity index (χ4v) is 1.25. The third kappa shape index (κ3) is 2.16. The molecule has 0 heterocycles. The van der Waals surface area contributed by atoms with Crippen molar-refractivity contribution in [2.24, 2.45) is 11.5 Å². The minimum atomic E-state index is -0.198. The van der Waals surface area contributed by atoms with E-state index < -0.39 is 0 Å². The Balaban J connectivity index is 3.04. The van der Waals surface area contributed by atoms with Gasteiger partial charge in [0.2, 0.25) is 0 Å². The van der Waals surface area contributed by atoms with Gasteiger partial charge in [0.05, 0.1) is 14.2 Å². The number of benzene rings is 1. The lowest BCUT2D eigenvalue weighted by molar-refractivity contribution is 0.388. The monoisotopic (exact) mass is 196 g/mol. The number of ether oxygens (including phenoxy) is 2. The Labute approximate surface area is 83.8 Å². The van der Waals surface area contributed by atoms with E-state index in [9.17, 15) is 0 Å². The second-order valence-corrected chi connectivity index (χ2v) is 2.95. The van der Waals surface area contributed by atoms with Gasteiger partial charge in [0.1, 0.15) is 11.5 Å². The highest BCUT2D eigenvalue weighted by molar-refractivity contribution is 5.42. The smallest absolute Gasteiger partial charge is 0.127 e. The van der Waals surface area contributed by atoms with E-state index >= 15 is 0 Å². The zero-order valence-corrected chi connectivity index (χ0v) is 8.49. The Morgan fingerprint density at radius 1 is 1.29 bits per heavy atom. The first kappa shape index (κ1) is 10.8. The van der Waals surface area contributed by atoms with Gasteiger partial charge in [-0.05, 0) is 6.07 Å². The molecule has 0 aliphatic heterocycles. The first-order chi connectivity index (χ1) is 6.72. The SMILES string of the molecule is COc1ccc(C(N)CN)c(OC)c1. The molecule has 0 saturated heterocycles. The van der Waals surface area contributed by atoms with Gasteiger partial charge in [-0.1, -0.05) is 6.07 Å². The Hall–Kier alpha value is -1.26. The topological polar surface area (TPSA) is 70.5 Å². The number of nitrogens with two attached hydrogens (primary N) is 2. The van der Waals surface area contributed by atoms with E-state index in [1.54, 1.807) is 20.3 Å². The second-order valence-electron chi connectivity index (χ2n) is 2.95. The molecule has 0 radical (unpaired) electrons. The fourth-order valence-electron chi connectivity index (χ4n) is 1.25. The number of methoxy groups -OCH3 is 2. The summed E-state index contributed by atoms with van der Waals surface area (Å²) in [6, 6.07) is 5.31. The first-order valence-corrected chi connectivity index (χ1v) is 4.40. The van der Waals surface area contributed by atoms with Gasteiger partial charge in [0.15, 0.2) is 0 Å². The minimum Gasteiger partial charge on any atom is -0.497 e. The zero-order valence-electron chi connectivity index (χ0n) is 8.49. The van der Waals surface area contributed by atoms with Crippen molar-refractivity contribution in [3.63, 3.8) is 0 Å². The van der Waals surface area contributed by atoms with Crippen LogP contribution in [0.2, 0.25) is 0 Å². The van der Waals surface area contributed by atoms with E-state index in [0.717, 1.165) is 11.3 Å². The summed E-state index contributed by atoms with van der Waals surface area (Å²) in [6.45, 7) is 0.392. The molecule has 1 aromatic rings. The molecule has 1 atom stereocenters. The van der Waals surface area contributed by atoms with Crippen LogP contribution in [0.4, 0.5) is 0 Å². The predicted molar refractivity (Wildman–Crippen MR) is 55.5 cm³/mol. The lowest BCUT2D eigenvalue weighted by Crippen LogP contribution is -2.21. The fraction of sp³-hybridized carbons (Fsp3) is 0.400. The van der Waals surface area contributed by atoms with E-state index in [0.29, 0.717) is 12.3 Å². The standard InChI is InChI=1S/C10H16N2O2/c1-13-7-3-4-8(9(12)6-11)10(5-7)14-2/h3-5,9H,6,11-12H2,1-2H3. The Morgan fingerprint density at radius 2 is 2.00 bits per heavy atom. The van der Waals surface area contributed by atoms with Crippen molar-refractivity contribution >= 4 is 0 Å². The van der Waals surface area contributed by atoms with Gasteiger partial charge in [-0.15, -0.1) is 0 Å². The highest BCUT2D eigenvalue weighted by atomic mass is 16.5. The maximum absolute atomic E-state index is 5.82. The number of rotatable bonds is 4. The largest absolute Gasteiger partial charge is 0.497 e. The van der Waals surface area contributed by atoms with Crippen molar-refractivity contribution in [1.29, 1.82) is 0 Å². The third-order valence-corrected chi connectivity index (χ3v) is 2.09. The highest BCUT2D eigenvalue weighted by Crippen LogP contribution is 2.27. The van der Waals surface area contributed by atoms with Crippen molar-refractivity contribution in [3.05, 3.63) is 23.8 Å². The summed E-state index contributed by atoms with van der Waals surface area (Å²) in [7, 11) is 3.21. The van der Waals surface area contributed by atoms with Crippen molar-refractivity contribution in [3.8, 4) is 11.5 Å². The van der Waals surface area contributed by atoms with Crippen molar-refractivity contribution in [2.45, 2.75) is 6.04 Å². The van der Waals surface area contributed by atoms with Crippen LogP contribution in [0, 0.1) is 0 Å². The van der Waals surface area contributed by atoms with Crippen LogP contribution in [0.1, 0.15) is 11.6 Å². The summed E-state index contributed by atoms with van der Waals surface area (Å²) in [4.78, 5) is 0. The maximum atomic E-state index is 5.82. The Kier molecular flexibility index (Phi) is 3.73. The molecule has 1 rings (SSSR count). The van der Waals surface area contributed by atoms with Gasteiger partial charge >= 0.3 is 0 Å². The Bertz CT molecular complexity index is 302. The molecule has 0 fully saturated rings. The lowest BCUT2D eigenvalue weighted by Gasteiger charge is -2.14. The molecule has 78 valence electrons. The second kappa shape index (κ2) is 4.83. The molecule has 1 unspecified atom stereocenters. The highest BCUT2D eigenvalue weighted by Gasteiger charge is 2.10. The number of hydrogen-bond acceptors (Lipinski definition) is 4. The molecule has 0 saturated carbocycles. The summed E-state index contributed by atoms with van der Waals surface area (Å²) < 4.78 is 10.3. The molecular formula is C10H16N2O2. The summed E-state index contributed by atoms with van der Waals surface area (Å²) in [6.07, 6.45) is 0. The summed E-state index contributed by atoms with van der Waals surface area (Å²) >= 11 is 0. The predicted octanol–water partition coefficient (Wildman–Crippen LogP) is 0.662. The van der Waals surface area contributed by atoms with Gasteiger partial charge in [-0.25, -0.2) is 0 Å². The first-order valence-electron chi connectivity index (χ1n) is 4.40. The third-order valence-electron chi connectivity index (χ3n) is 2.09. The normalized spacial score (nSPS) is 12.3. The molecule has 0 amide bonds. The van der Waals surface area contributed by atoms with Gasteiger partial charge in [0.25, 0.3) is 0 Å². The minimum absolute atomic E-state index is 0.198. The van der Waals surface area contributed by atoms with Crippen LogP contribution in [-0.2, 0) is 0 Å². The summed E-state index contributed by atoms with van der Waals surface area (Å²) in [5.41, 5.74) is 12.2. The van der Waals surface area contributed by atoms with Crippen LogP contribution in [0.25, 0.3) is 0 Å². The van der Waals surface area contributed by atoms with E-state index in [1.807, 2.05) is 12.1 Å². The number of hydrogen-bond donors (Lipinski definition) is 2. The van der Waals surface area contributed by atoms with Crippen LogP contribution in [0.3, 0.4) is 0 Å². The van der Waals surface area contributed by atoms with Crippen LogP contribution >= 0.6 is 0 Å². The van der Waals surface area contributed by atoms with Gasteiger partial charge in [-0.3, -0.25) is 0 Å². The molecule has 0 aliphatic carbocycles. The van der Waals surface area contributed by atoms with E-state index in [4.69, 9.17) is 20.9 Å². The van der Waals surface area contributed by atoms with Crippen LogP contribution in [0.15, 0.2) is 18.2 Å². The zero-order chi connectivity index (χ0) is 10.6. The molecule has 0 aromatic heterocycles. The van der Waals surface area contributed by atoms with Crippen LogP contribution in [0.5, 0.6) is 11.5 Å². The van der Waals surface area contributed by atoms with Crippen LogP contribution < -0.4 is 20.9 Å². The van der Waals surface area contributed by atoms with Crippen molar-refractivity contribution in [2.75, 3.05) is 20.8 Å². The van der Waals surface area contributed by atoms with Crippen molar-refractivity contribution in [1.82, 2.24) is 0 Å². The van der Waals surface area contributed by atoms with Crippen molar-refractivity contribution < 1.29 is 9.47 Å². The molecule has 4 N–H and O–H groups in total. The molecule has 0 bridgehead atoms. The Morgan fingerprint density at radius 3 is 2.50 bits per heavy atom. The van der Waals surface area contributed by atoms with E-state index in [-0.39, 0.29) is 6.04 Å². The van der Waals surface area contributed by atoms with E-state index in [2.05, 4.69) is 0 Å². The molecule has 4 heteroatoms. The quantitative estimate of drug-likeness (QED) is 0.742. The average Bonchev–Trinajstić information content (AvgIpc) is 2.27. The van der Waals surface area contributed by atoms with Gasteiger partial charge < -0.3 is 20.9 Å². The summed E-state index contributed by atoms with van der Waals surface area (Å²) in [5, 5.41) is 0. The molecule has 1 aromatic carbocycles. The van der Waals surface area contributed by atoms with Gasteiger partial charge in [0, 0.05) is 24.2 Å². The maximum Gasteiger partial charge on any atom is 0.127 e. The van der Waals surface area contributed by atoms with Crippen LogP contribution in [-0.4, -0.2) is 20.8 Å². The lowest BCUT2D eigenvalue weighted by atomic mass is 10.1. The molecule has 14 heavy (non-hydrogen) atoms. The average molecular weight is 196 g/mol. The molecule has 0 aliphatic rings. The van der Waals surface area contributed by atoms with Gasteiger partial charge in [-0.2, -0.15) is 0 Å². The van der Waals surface area contributed by atoms with E-state index in [1.165, 1.54) is 0 Å².